The van der Waals surface area contributed by atoms with Crippen LogP contribution in [0.25, 0.3) is 0 Å². The molecule has 2 aromatic rings. The van der Waals surface area contributed by atoms with Crippen molar-refractivity contribution in [2.24, 2.45) is 0 Å². The normalized spacial score (nSPS) is 13.9. The fraction of sp³-hybridized carbons (Fsp3) is 0.278. The van der Waals surface area contributed by atoms with Gasteiger partial charge in [0, 0.05) is 30.7 Å². The van der Waals surface area contributed by atoms with Crippen molar-refractivity contribution in [1.82, 2.24) is 15.0 Å². The summed E-state index contributed by atoms with van der Waals surface area (Å²) >= 11 is 1.32. The molecule has 0 bridgehead atoms. The Kier molecular flexibility index (Phi) is 6.62. The van der Waals surface area contributed by atoms with Crippen LogP contribution in [0, 0.1) is 0 Å². The number of carbonyl (C=O) groups excluding carboxylic acids is 2. The van der Waals surface area contributed by atoms with E-state index >= 15 is 0 Å². The van der Waals surface area contributed by atoms with E-state index in [0.29, 0.717) is 35.2 Å². The lowest BCUT2D eigenvalue weighted by molar-refractivity contribution is -0.115. The minimum atomic E-state index is -3.43. The molecule has 0 unspecified atom stereocenters. The van der Waals surface area contributed by atoms with Crippen LogP contribution in [0.5, 0.6) is 0 Å². The summed E-state index contributed by atoms with van der Waals surface area (Å²) in [4.78, 5) is 29.8. The first kappa shape index (κ1) is 21.0. The van der Waals surface area contributed by atoms with E-state index in [1.807, 2.05) is 0 Å². The van der Waals surface area contributed by atoms with Gasteiger partial charge in [-0.1, -0.05) is 18.2 Å². The minimum absolute atomic E-state index is 0.0769. The largest absolute Gasteiger partial charge is 0.336 e. The highest BCUT2D eigenvalue weighted by atomic mass is 32.2. The van der Waals surface area contributed by atoms with Crippen LogP contribution in [0.1, 0.15) is 11.3 Å². The van der Waals surface area contributed by atoms with Gasteiger partial charge in [-0.15, -0.1) is 17.9 Å². The molecule has 9 nitrogen and oxygen atoms in total. The van der Waals surface area contributed by atoms with E-state index in [1.165, 1.54) is 17.4 Å². The molecule has 0 saturated carbocycles. The van der Waals surface area contributed by atoms with Crippen LogP contribution in [0.15, 0.2) is 42.3 Å². The number of hydrogen-bond donors (Lipinski definition) is 3. The van der Waals surface area contributed by atoms with E-state index in [2.05, 4.69) is 26.9 Å². The van der Waals surface area contributed by atoms with Gasteiger partial charge in [0.05, 0.1) is 17.9 Å². The number of amides is 3. The maximum Gasteiger partial charge on any atom is 0.323 e. The quantitative estimate of drug-likeness (QED) is 0.515. The molecule has 2 heterocycles. The van der Waals surface area contributed by atoms with Gasteiger partial charge >= 0.3 is 6.03 Å². The molecule has 3 amide bonds. The third kappa shape index (κ3) is 5.86. The smallest absolute Gasteiger partial charge is 0.323 e. The molecule has 1 fully saturated rings. The summed E-state index contributed by atoms with van der Waals surface area (Å²) in [5, 5.41) is 7.79. The zero-order chi connectivity index (χ0) is 20.9. The SMILES string of the molecule is C=CCNS(=O)(=O)Cc1ccc(NC(=O)Cc2csc(N3CCNC3=O)n2)cc1. The molecule has 1 aliphatic heterocycles. The molecule has 0 spiro atoms. The zero-order valence-electron chi connectivity index (χ0n) is 15.6. The Morgan fingerprint density at radius 3 is 2.76 bits per heavy atom. The van der Waals surface area contributed by atoms with E-state index in [-0.39, 0.29) is 30.7 Å². The molecule has 3 rings (SSSR count). The van der Waals surface area contributed by atoms with Gasteiger partial charge in [0.15, 0.2) is 5.13 Å². The van der Waals surface area contributed by atoms with Gasteiger partial charge in [-0.3, -0.25) is 9.69 Å². The highest BCUT2D eigenvalue weighted by molar-refractivity contribution is 7.88. The summed E-state index contributed by atoms with van der Waals surface area (Å²) in [7, 11) is -3.43. The Morgan fingerprint density at radius 1 is 1.34 bits per heavy atom. The molecule has 3 N–H and O–H groups in total. The van der Waals surface area contributed by atoms with Gasteiger partial charge in [-0.2, -0.15) is 0 Å². The van der Waals surface area contributed by atoms with Crippen LogP contribution in [0.2, 0.25) is 0 Å². The zero-order valence-corrected chi connectivity index (χ0v) is 17.2. The van der Waals surface area contributed by atoms with E-state index in [4.69, 9.17) is 0 Å². The number of anilines is 2. The maximum absolute atomic E-state index is 12.3. The Labute approximate surface area is 172 Å². The summed E-state index contributed by atoms with van der Waals surface area (Å²) in [6, 6.07) is 6.41. The van der Waals surface area contributed by atoms with E-state index < -0.39 is 10.0 Å². The third-order valence-corrected chi connectivity index (χ3v) is 6.24. The lowest BCUT2D eigenvalue weighted by Gasteiger charge is -2.09. The van der Waals surface area contributed by atoms with Crippen molar-refractivity contribution in [3.05, 3.63) is 53.6 Å². The van der Waals surface area contributed by atoms with Crippen LogP contribution in [0.3, 0.4) is 0 Å². The summed E-state index contributed by atoms with van der Waals surface area (Å²) in [6.45, 7) is 4.79. The molecule has 1 aromatic carbocycles. The average molecular weight is 436 g/mol. The van der Waals surface area contributed by atoms with Gasteiger partial charge in [0.1, 0.15) is 0 Å². The number of carbonyl (C=O) groups is 2. The fourth-order valence-corrected chi connectivity index (χ4v) is 4.62. The van der Waals surface area contributed by atoms with Crippen molar-refractivity contribution in [2.75, 3.05) is 29.9 Å². The number of aromatic nitrogens is 1. The molecular formula is C18H21N5O4S2. The van der Waals surface area contributed by atoms with Gasteiger partial charge in [0.25, 0.3) is 0 Å². The Bertz CT molecular complexity index is 1000. The summed E-state index contributed by atoms with van der Waals surface area (Å²) in [5.41, 5.74) is 1.75. The van der Waals surface area contributed by atoms with Crippen molar-refractivity contribution >= 4 is 44.1 Å². The summed E-state index contributed by atoms with van der Waals surface area (Å²) in [5.74, 6) is -0.401. The first-order valence-corrected chi connectivity index (χ1v) is 11.4. The number of urea groups is 1. The second kappa shape index (κ2) is 9.16. The molecule has 29 heavy (non-hydrogen) atoms. The second-order valence-corrected chi connectivity index (χ2v) is 8.97. The Balaban J connectivity index is 1.54. The highest BCUT2D eigenvalue weighted by Gasteiger charge is 2.24. The molecule has 1 saturated heterocycles. The monoisotopic (exact) mass is 435 g/mol. The molecule has 11 heteroatoms. The van der Waals surface area contributed by atoms with Gasteiger partial charge in [0.2, 0.25) is 15.9 Å². The Hall–Kier alpha value is -2.76. The van der Waals surface area contributed by atoms with Crippen molar-refractivity contribution < 1.29 is 18.0 Å². The number of nitrogens with one attached hydrogen (secondary N) is 3. The molecule has 1 aromatic heterocycles. The van der Waals surface area contributed by atoms with Gasteiger partial charge in [-0.25, -0.2) is 22.9 Å². The predicted octanol–water partition coefficient (Wildman–Crippen LogP) is 1.46. The first-order valence-electron chi connectivity index (χ1n) is 8.83. The lowest BCUT2D eigenvalue weighted by atomic mass is 10.2. The number of thiazole rings is 1. The number of benzene rings is 1. The Morgan fingerprint density at radius 2 is 2.10 bits per heavy atom. The van der Waals surface area contributed by atoms with Crippen LogP contribution in [-0.2, 0) is 27.0 Å². The second-order valence-electron chi connectivity index (χ2n) is 6.32. The van der Waals surface area contributed by atoms with E-state index in [9.17, 15) is 18.0 Å². The third-order valence-electron chi connectivity index (χ3n) is 4.01. The number of sulfonamides is 1. The summed E-state index contributed by atoms with van der Waals surface area (Å²) in [6.07, 6.45) is 1.55. The highest BCUT2D eigenvalue weighted by Crippen LogP contribution is 2.22. The fourth-order valence-electron chi connectivity index (χ4n) is 2.67. The number of hydrogen-bond acceptors (Lipinski definition) is 6. The van der Waals surface area contributed by atoms with Crippen molar-refractivity contribution in [3.8, 4) is 0 Å². The van der Waals surface area contributed by atoms with Crippen LogP contribution < -0.4 is 20.3 Å². The van der Waals surface area contributed by atoms with Crippen molar-refractivity contribution in [2.45, 2.75) is 12.2 Å². The molecule has 0 aliphatic carbocycles. The molecule has 0 atom stereocenters. The van der Waals surface area contributed by atoms with Crippen LogP contribution >= 0.6 is 11.3 Å². The van der Waals surface area contributed by atoms with Crippen molar-refractivity contribution in [3.63, 3.8) is 0 Å². The molecule has 0 radical (unpaired) electrons. The topological polar surface area (TPSA) is 121 Å². The van der Waals surface area contributed by atoms with Crippen LogP contribution in [0.4, 0.5) is 15.6 Å². The van der Waals surface area contributed by atoms with Gasteiger partial charge < -0.3 is 10.6 Å². The van der Waals surface area contributed by atoms with E-state index in [0.717, 1.165) is 0 Å². The standard InChI is InChI=1S/C18H21N5O4S2/c1-2-7-20-29(26,27)12-13-3-5-14(6-4-13)21-16(24)10-15-11-28-18(22-15)23-9-8-19-17(23)25/h2-6,11,20H,1,7-10,12H2,(H,19,25)(H,21,24). The van der Waals surface area contributed by atoms with E-state index in [1.54, 1.807) is 34.5 Å². The molecular weight excluding hydrogens is 414 g/mol. The van der Waals surface area contributed by atoms with Crippen molar-refractivity contribution in [1.29, 1.82) is 0 Å². The maximum atomic E-state index is 12.3. The van der Waals surface area contributed by atoms with Gasteiger partial charge in [-0.05, 0) is 17.7 Å². The summed E-state index contributed by atoms with van der Waals surface area (Å²) < 4.78 is 26.2. The number of nitrogens with zero attached hydrogens (tertiary/aromatic N) is 2. The minimum Gasteiger partial charge on any atom is -0.336 e. The molecule has 1 aliphatic rings. The average Bonchev–Trinajstić information content (AvgIpc) is 3.30. The first-order chi connectivity index (χ1) is 13.9. The van der Waals surface area contributed by atoms with Crippen LogP contribution in [-0.4, -0.2) is 45.0 Å². The molecule has 154 valence electrons. The predicted molar refractivity (Wildman–Crippen MR) is 112 cm³/mol. The number of rotatable bonds is 9. The lowest BCUT2D eigenvalue weighted by Crippen LogP contribution is -2.27.